The number of rotatable bonds is 4. The number of nitro groups is 1. The Morgan fingerprint density at radius 3 is 2.36 bits per heavy atom. The topological polar surface area (TPSA) is 66.7 Å². The van der Waals surface area contributed by atoms with E-state index < -0.39 is 0 Å². The van der Waals surface area contributed by atoms with E-state index in [-0.39, 0.29) is 22.6 Å². The van der Waals surface area contributed by atoms with Crippen molar-refractivity contribution in [3.05, 3.63) is 33.9 Å². The van der Waals surface area contributed by atoms with Gasteiger partial charge in [0, 0.05) is 37.8 Å². The number of benzene rings is 1. The minimum absolute atomic E-state index is 0.0435. The summed E-state index contributed by atoms with van der Waals surface area (Å²) in [6.45, 7) is 1.69. The fourth-order valence-corrected chi connectivity index (χ4v) is 4.04. The van der Waals surface area contributed by atoms with Crippen molar-refractivity contribution in [2.24, 2.45) is 0 Å². The van der Waals surface area contributed by atoms with Crippen molar-refractivity contribution in [2.45, 2.75) is 57.4 Å². The second-order valence-corrected chi connectivity index (χ2v) is 7.22. The van der Waals surface area contributed by atoms with E-state index in [9.17, 15) is 14.9 Å². The van der Waals surface area contributed by atoms with Crippen LogP contribution in [-0.4, -0.2) is 41.9 Å². The van der Waals surface area contributed by atoms with Crippen LogP contribution < -0.4 is 4.90 Å². The number of carbonyl (C=O) groups excluding carboxylic acids is 1. The lowest BCUT2D eigenvalue weighted by Gasteiger charge is -2.27. The van der Waals surface area contributed by atoms with Crippen molar-refractivity contribution in [3.63, 3.8) is 0 Å². The molecular formula is C19H27N3O3. The van der Waals surface area contributed by atoms with Crippen LogP contribution in [0.1, 0.15) is 61.7 Å². The number of nitrogens with zero attached hydrogens (tertiary/aromatic N) is 3. The van der Waals surface area contributed by atoms with Crippen LogP contribution in [0.5, 0.6) is 0 Å². The normalized spacial score (nSPS) is 18.8. The molecule has 0 atom stereocenters. The van der Waals surface area contributed by atoms with Crippen molar-refractivity contribution in [2.75, 3.05) is 25.0 Å². The average Bonchev–Trinajstić information content (AvgIpc) is 3.02. The van der Waals surface area contributed by atoms with E-state index in [1.165, 1.54) is 18.9 Å². The summed E-state index contributed by atoms with van der Waals surface area (Å²) >= 11 is 0. The molecule has 0 spiro atoms. The lowest BCUT2D eigenvalue weighted by Crippen LogP contribution is -2.36. The summed E-state index contributed by atoms with van der Waals surface area (Å²) in [4.78, 5) is 27.8. The maximum Gasteiger partial charge on any atom is 0.293 e. The first-order valence-electron chi connectivity index (χ1n) is 9.38. The van der Waals surface area contributed by atoms with Gasteiger partial charge in [-0.3, -0.25) is 14.9 Å². The quantitative estimate of drug-likeness (QED) is 0.470. The first-order chi connectivity index (χ1) is 12.1. The summed E-state index contributed by atoms with van der Waals surface area (Å²) in [6.07, 6.45) is 8.92. The molecule has 0 bridgehead atoms. The Hall–Kier alpha value is -2.11. The highest BCUT2D eigenvalue weighted by Crippen LogP contribution is 2.32. The number of nitro benzene ring substituents is 1. The fraction of sp³-hybridized carbons (Fsp3) is 0.632. The third-order valence-electron chi connectivity index (χ3n) is 5.56. The molecule has 6 heteroatoms. The summed E-state index contributed by atoms with van der Waals surface area (Å²) in [7, 11) is 1.83. The number of amides is 1. The summed E-state index contributed by atoms with van der Waals surface area (Å²) in [5, 5.41) is 11.5. The summed E-state index contributed by atoms with van der Waals surface area (Å²) < 4.78 is 0. The van der Waals surface area contributed by atoms with Gasteiger partial charge in [-0.1, -0.05) is 25.7 Å². The smallest absolute Gasteiger partial charge is 0.293 e. The minimum Gasteiger partial charge on any atom is -0.366 e. The molecule has 2 fully saturated rings. The van der Waals surface area contributed by atoms with Gasteiger partial charge in [0.25, 0.3) is 11.6 Å². The van der Waals surface area contributed by atoms with E-state index in [4.69, 9.17) is 0 Å². The van der Waals surface area contributed by atoms with Crippen LogP contribution in [0.3, 0.4) is 0 Å². The molecule has 1 aliphatic heterocycles. The molecule has 1 heterocycles. The van der Waals surface area contributed by atoms with Gasteiger partial charge in [0.05, 0.1) is 4.92 Å². The van der Waals surface area contributed by atoms with Gasteiger partial charge >= 0.3 is 0 Å². The maximum absolute atomic E-state index is 12.9. The second-order valence-electron chi connectivity index (χ2n) is 7.22. The van der Waals surface area contributed by atoms with Crippen LogP contribution >= 0.6 is 0 Å². The van der Waals surface area contributed by atoms with Gasteiger partial charge < -0.3 is 9.80 Å². The minimum atomic E-state index is -0.365. The molecule has 0 unspecified atom stereocenters. The Morgan fingerprint density at radius 2 is 1.76 bits per heavy atom. The first-order valence-corrected chi connectivity index (χ1v) is 9.38. The molecule has 0 N–H and O–H groups in total. The van der Waals surface area contributed by atoms with Crippen LogP contribution in [0.25, 0.3) is 0 Å². The zero-order valence-corrected chi connectivity index (χ0v) is 14.9. The Morgan fingerprint density at radius 1 is 1.12 bits per heavy atom. The lowest BCUT2D eigenvalue weighted by atomic mass is 10.1. The van der Waals surface area contributed by atoms with Crippen LogP contribution in [0.4, 0.5) is 11.4 Å². The highest BCUT2D eigenvalue weighted by Gasteiger charge is 2.27. The number of carbonyl (C=O) groups is 1. The third-order valence-corrected chi connectivity index (χ3v) is 5.56. The van der Waals surface area contributed by atoms with E-state index in [2.05, 4.69) is 0 Å². The van der Waals surface area contributed by atoms with E-state index in [0.717, 1.165) is 51.6 Å². The van der Waals surface area contributed by atoms with Crippen molar-refractivity contribution in [3.8, 4) is 0 Å². The van der Waals surface area contributed by atoms with Gasteiger partial charge in [0.1, 0.15) is 5.69 Å². The molecular weight excluding hydrogens is 318 g/mol. The van der Waals surface area contributed by atoms with E-state index in [1.807, 2.05) is 11.9 Å². The molecule has 25 heavy (non-hydrogen) atoms. The molecule has 136 valence electrons. The van der Waals surface area contributed by atoms with E-state index in [1.54, 1.807) is 17.0 Å². The predicted octanol–water partition coefficient (Wildman–Crippen LogP) is 3.99. The molecule has 0 aromatic heterocycles. The summed E-state index contributed by atoms with van der Waals surface area (Å²) in [5.41, 5.74) is 1.10. The number of anilines is 1. The lowest BCUT2D eigenvalue weighted by molar-refractivity contribution is -0.384. The highest BCUT2D eigenvalue weighted by atomic mass is 16.6. The number of hydrogen-bond acceptors (Lipinski definition) is 4. The molecule has 2 aliphatic rings. The monoisotopic (exact) mass is 345 g/mol. The Bertz CT molecular complexity index is 633. The zero-order chi connectivity index (χ0) is 17.8. The second kappa shape index (κ2) is 7.85. The van der Waals surface area contributed by atoms with Crippen LogP contribution in [0.2, 0.25) is 0 Å². The van der Waals surface area contributed by atoms with Gasteiger partial charge in [0.2, 0.25) is 0 Å². The molecule has 0 radical (unpaired) electrons. The standard InChI is InChI=1S/C19H27N3O3/c1-20(16-8-4-2-3-5-9-16)19(23)15-10-11-17(18(14-15)22(24)25)21-12-6-7-13-21/h10-11,14,16H,2-9,12-13H2,1H3. The van der Waals surface area contributed by atoms with Gasteiger partial charge in [-0.25, -0.2) is 0 Å². The fourth-order valence-electron chi connectivity index (χ4n) is 4.04. The van der Waals surface area contributed by atoms with Gasteiger partial charge in [0.15, 0.2) is 0 Å². The molecule has 6 nitrogen and oxygen atoms in total. The SMILES string of the molecule is CN(C(=O)c1ccc(N2CCCC2)c([N+](=O)[O-])c1)C1CCCCCC1. The Kier molecular flexibility index (Phi) is 5.56. The van der Waals surface area contributed by atoms with Gasteiger partial charge in [-0.15, -0.1) is 0 Å². The predicted molar refractivity (Wildman–Crippen MR) is 98.1 cm³/mol. The Balaban J connectivity index is 1.82. The van der Waals surface area contributed by atoms with Crippen LogP contribution in [-0.2, 0) is 0 Å². The van der Waals surface area contributed by atoms with Crippen molar-refractivity contribution in [1.29, 1.82) is 0 Å². The summed E-state index contributed by atoms with van der Waals surface area (Å²) in [6, 6.07) is 5.20. The van der Waals surface area contributed by atoms with Gasteiger partial charge in [-0.05, 0) is 37.8 Å². The average molecular weight is 345 g/mol. The zero-order valence-electron chi connectivity index (χ0n) is 14.9. The van der Waals surface area contributed by atoms with Crippen molar-refractivity contribution >= 4 is 17.3 Å². The van der Waals surface area contributed by atoms with Gasteiger partial charge in [-0.2, -0.15) is 0 Å². The molecule has 1 aliphatic carbocycles. The van der Waals surface area contributed by atoms with Crippen molar-refractivity contribution < 1.29 is 9.72 Å². The molecule has 1 saturated carbocycles. The number of hydrogen-bond donors (Lipinski definition) is 0. The van der Waals surface area contributed by atoms with E-state index in [0.29, 0.717) is 11.3 Å². The largest absolute Gasteiger partial charge is 0.366 e. The van der Waals surface area contributed by atoms with Crippen molar-refractivity contribution in [1.82, 2.24) is 4.90 Å². The van der Waals surface area contributed by atoms with Crippen LogP contribution in [0, 0.1) is 10.1 Å². The maximum atomic E-state index is 12.9. The molecule has 3 rings (SSSR count). The summed E-state index contributed by atoms with van der Waals surface area (Å²) in [5.74, 6) is -0.108. The third kappa shape index (κ3) is 3.94. The molecule has 1 aromatic carbocycles. The molecule has 1 saturated heterocycles. The molecule has 1 aromatic rings. The van der Waals surface area contributed by atoms with E-state index >= 15 is 0 Å². The first kappa shape index (κ1) is 17.7. The van der Waals surface area contributed by atoms with Crippen LogP contribution in [0.15, 0.2) is 18.2 Å². The highest BCUT2D eigenvalue weighted by molar-refractivity contribution is 5.95. The molecule has 1 amide bonds. The Labute approximate surface area is 148 Å².